The van der Waals surface area contributed by atoms with Gasteiger partial charge >= 0.3 is 0 Å². The molecule has 0 aliphatic rings. The van der Waals surface area contributed by atoms with Crippen LogP contribution >= 0.6 is 22.7 Å². The molecule has 0 saturated heterocycles. The number of carboxylic acids is 1. The fraction of sp³-hybridized carbons (Fsp3) is 0.533. The van der Waals surface area contributed by atoms with Crippen LogP contribution < -0.4 is 5.11 Å². The summed E-state index contributed by atoms with van der Waals surface area (Å²) in [6.07, 6.45) is 6.80. The molecule has 0 bridgehead atoms. The lowest BCUT2D eigenvalue weighted by molar-refractivity contribution is -0.254. The first-order chi connectivity index (χ1) is 9.19. The molecule has 0 fully saturated rings. The van der Waals surface area contributed by atoms with E-state index < -0.39 is 5.97 Å². The lowest BCUT2D eigenvalue weighted by Crippen LogP contribution is -2.22. The molecule has 0 spiro atoms. The van der Waals surface area contributed by atoms with E-state index in [2.05, 4.69) is 12.3 Å². The second kappa shape index (κ2) is 6.53. The van der Waals surface area contributed by atoms with Gasteiger partial charge in [0.15, 0.2) is 0 Å². The molecule has 2 rings (SSSR count). The molecular weight excluding hydrogens is 276 g/mol. The predicted octanol–water partition coefficient (Wildman–Crippen LogP) is 4.01. The van der Waals surface area contributed by atoms with E-state index in [-0.39, 0.29) is 0 Å². The summed E-state index contributed by atoms with van der Waals surface area (Å²) >= 11 is 3.09. The van der Waals surface area contributed by atoms with Crippen molar-refractivity contribution in [3.8, 4) is 0 Å². The molecule has 104 valence electrons. The van der Waals surface area contributed by atoms with E-state index >= 15 is 0 Å². The SMILES string of the molecule is CCCCCCc1csc2c(CC)c(C(=O)[O-])sc12. The van der Waals surface area contributed by atoms with Gasteiger partial charge in [-0.3, -0.25) is 0 Å². The molecule has 0 unspecified atom stereocenters. The Morgan fingerprint density at radius 2 is 2.00 bits per heavy atom. The third-order valence-electron chi connectivity index (χ3n) is 3.41. The number of carboxylic acid groups (broad SMARTS) is 1. The Bertz CT molecular complexity index is 566. The zero-order valence-corrected chi connectivity index (χ0v) is 13.1. The molecule has 0 amide bonds. The van der Waals surface area contributed by atoms with Crippen molar-refractivity contribution < 1.29 is 9.90 Å². The molecule has 0 saturated carbocycles. The normalized spacial score (nSPS) is 11.3. The molecule has 19 heavy (non-hydrogen) atoms. The zero-order valence-electron chi connectivity index (χ0n) is 11.5. The van der Waals surface area contributed by atoms with Crippen molar-refractivity contribution in [2.24, 2.45) is 0 Å². The van der Waals surface area contributed by atoms with Crippen LogP contribution in [0.2, 0.25) is 0 Å². The van der Waals surface area contributed by atoms with Crippen LogP contribution in [0.5, 0.6) is 0 Å². The molecule has 2 aromatic heterocycles. The van der Waals surface area contributed by atoms with Crippen LogP contribution in [0.4, 0.5) is 0 Å². The highest BCUT2D eigenvalue weighted by atomic mass is 32.1. The minimum atomic E-state index is -1.03. The maximum atomic E-state index is 11.2. The number of aromatic carboxylic acids is 1. The average Bonchev–Trinajstić information content (AvgIpc) is 2.93. The summed E-state index contributed by atoms with van der Waals surface area (Å²) in [4.78, 5) is 11.6. The highest BCUT2D eigenvalue weighted by Gasteiger charge is 2.15. The maximum Gasteiger partial charge on any atom is 0.0818 e. The summed E-state index contributed by atoms with van der Waals surface area (Å²) in [5, 5.41) is 13.4. The van der Waals surface area contributed by atoms with Crippen molar-refractivity contribution in [1.82, 2.24) is 0 Å². The molecule has 4 heteroatoms. The van der Waals surface area contributed by atoms with E-state index in [0.717, 1.165) is 23.1 Å². The van der Waals surface area contributed by atoms with E-state index in [1.54, 1.807) is 11.3 Å². The van der Waals surface area contributed by atoms with Crippen LogP contribution in [-0.4, -0.2) is 5.97 Å². The molecule has 0 aliphatic heterocycles. The van der Waals surface area contributed by atoms with Crippen LogP contribution in [0.1, 0.15) is 60.3 Å². The number of aryl methyl sites for hydroxylation is 2. The minimum Gasteiger partial charge on any atom is -0.544 e. The number of hydrogen-bond donors (Lipinski definition) is 0. The molecule has 2 nitrogen and oxygen atoms in total. The third-order valence-corrected chi connectivity index (χ3v) is 5.91. The van der Waals surface area contributed by atoms with Gasteiger partial charge in [0.2, 0.25) is 0 Å². The van der Waals surface area contributed by atoms with Gasteiger partial charge in [0.25, 0.3) is 0 Å². The number of rotatable bonds is 7. The second-order valence-electron chi connectivity index (χ2n) is 4.78. The molecule has 0 N–H and O–H groups in total. The van der Waals surface area contributed by atoms with E-state index in [9.17, 15) is 9.90 Å². The summed E-state index contributed by atoms with van der Waals surface area (Å²) in [7, 11) is 0. The van der Waals surface area contributed by atoms with Crippen molar-refractivity contribution in [2.75, 3.05) is 0 Å². The van der Waals surface area contributed by atoms with Gasteiger partial charge in [0, 0.05) is 9.40 Å². The smallest absolute Gasteiger partial charge is 0.0818 e. The lowest BCUT2D eigenvalue weighted by atomic mass is 10.1. The van der Waals surface area contributed by atoms with Gasteiger partial charge < -0.3 is 9.90 Å². The van der Waals surface area contributed by atoms with Crippen LogP contribution in [0.15, 0.2) is 5.38 Å². The summed E-state index contributed by atoms with van der Waals surface area (Å²) < 4.78 is 2.34. The molecule has 0 atom stereocenters. The quantitative estimate of drug-likeness (QED) is 0.724. The van der Waals surface area contributed by atoms with Crippen LogP contribution in [0, 0.1) is 0 Å². The molecular formula is C15H19O2S2-. The molecule has 2 heterocycles. The van der Waals surface area contributed by atoms with Gasteiger partial charge in [0.05, 0.1) is 10.8 Å². The fourth-order valence-corrected chi connectivity index (χ4v) is 5.07. The zero-order chi connectivity index (χ0) is 13.8. The molecule has 0 aromatic carbocycles. The number of hydrogen-bond acceptors (Lipinski definition) is 4. The number of carbonyl (C=O) groups excluding carboxylic acids is 1. The van der Waals surface area contributed by atoms with Crippen molar-refractivity contribution >= 4 is 38.0 Å². The largest absolute Gasteiger partial charge is 0.544 e. The van der Waals surface area contributed by atoms with Crippen LogP contribution in [-0.2, 0) is 12.8 Å². The van der Waals surface area contributed by atoms with Crippen molar-refractivity contribution in [2.45, 2.75) is 52.4 Å². The maximum absolute atomic E-state index is 11.2. The number of thiophene rings is 2. The van der Waals surface area contributed by atoms with Crippen LogP contribution in [0.3, 0.4) is 0 Å². The fourth-order valence-electron chi connectivity index (χ4n) is 2.37. The highest BCUT2D eigenvalue weighted by Crippen LogP contribution is 2.39. The highest BCUT2D eigenvalue weighted by molar-refractivity contribution is 7.28. The van der Waals surface area contributed by atoms with Gasteiger partial charge in [-0.1, -0.05) is 33.1 Å². The third kappa shape index (κ3) is 3.00. The van der Waals surface area contributed by atoms with Gasteiger partial charge in [-0.05, 0) is 35.8 Å². The number of unbranched alkanes of at least 4 members (excludes halogenated alkanes) is 3. The van der Waals surface area contributed by atoms with Crippen molar-refractivity contribution in [1.29, 1.82) is 0 Å². The molecule has 2 aromatic rings. The Morgan fingerprint density at radius 1 is 1.21 bits per heavy atom. The van der Waals surface area contributed by atoms with E-state index in [1.807, 2.05) is 6.92 Å². The average molecular weight is 295 g/mol. The first-order valence-corrected chi connectivity index (χ1v) is 8.61. The Morgan fingerprint density at radius 3 is 2.63 bits per heavy atom. The standard InChI is InChI=1S/C15H20O2S2/c1-3-5-6-7-8-10-9-18-13-11(4-2)14(15(16)17)19-12(10)13/h9H,3-8H2,1-2H3,(H,16,17)/p-1. The second-order valence-corrected chi connectivity index (χ2v) is 6.68. The summed E-state index contributed by atoms with van der Waals surface area (Å²) in [6, 6.07) is 0. The number of fused-ring (bicyclic) bond motifs is 1. The summed E-state index contributed by atoms with van der Waals surface area (Å²) in [5.41, 5.74) is 2.29. The Balaban J connectivity index is 2.24. The van der Waals surface area contributed by atoms with Gasteiger partial charge in [-0.15, -0.1) is 22.7 Å². The molecule has 0 aliphatic carbocycles. The Kier molecular flexibility index (Phi) is 4.99. The first-order valence-electron chi connectivity index (χ1n) is 6.92. The van der Waals surface area contributed by atoms with Gasteiger partial charge in [-0.25, -0.2) is 0 Å². The Hall–Kier alpha value is -0.870. The van der Waals surface area contributed by atoms with Crippen LogP contribution in [0.25, 0.3) is 9.40 Å². The lowest BCUT2D eigenvalue weighted by Gasteiger charge is -2.01. The number of carbonyl (C=O) groups is 1. The molecule has 0 radical (unpaired) electrons. The monoisotopic (exact) mass is 295 g/mol. The summed E-state index contributed by atoms with van der Waals surface area (Å²) in [5.74, 6) is -1.03. The summed E-state index contributed by atoms with van der Waals surface area (Å²) in [6.45, 7) is 4.22. The topological polar surface area (TPSA) is 40.1 Å². The van der Waals surface area contributed by atoms with Crippen molar-refractivity contribution in [3.63, 3.8) is 0 Å². The van der Waals surface area contributed by atoms with Crippen molar-refractivity contribution in [3.05, 3.63) is 21.4 Å². The van der Waals surface area contributed by atoms with E-state index in [0.29, 0.717) is 4.88 Å². The first kappa shape index (κ1) is 14.5. The Labute approximate surface area is 122 Å². The predicted molar refractivity (Wildman–Crippen MR) is 81.3 cm³/mol. The van der Waals surface area contributed by atoms with Gasteiger partial charge in [-0.2, -0.15) is 0 Å². The van der Waals surface area contributed by atoms with E-state index in [4.69, 9.17) is 0 Å². The minimum absolute atomic E-state index is 0.430. The van der Waals surface area contributed by atoms with Gasteiger partial charge in [0.1, 0.15) is 0 Å². The van der Waals surface area contributed by atoms with E-state index in [1.165, 1.54) is 47.3 Å².